The summed E-state index contributed by atoms with van der Waals surface area (Å²) in [5, 5.41) is 0. The number of rotatable bonds is 2. The SMILES string of the molecule is COc1cc2c(cc1OC)C(C)=CC(C)(C)CO2. The zero-order valence-corrected chi connectivity index (χ0v) is 11.7. The zero-order chi connectivity index (χ0) is 13.3. The molecule has 0 atom stereocenters. The van der Waals surface area contributed by atoms with Crippen molar-refractivity contribution in [2.75, 3.05) is 20.8 Å². The van der Waals surface area contributed by atoms with E-state index in [2.05, 4.69) is 26.8 Å². The second-order valence-corrected chi connectivity index (χ2v) is 5.31. The Balaban J connectivity index is 2.55. The molecule has 1 aliphatic heterocycles. The number of methoxy groups -OCH3 is 2. The standard InChI is InChI=1S/C15H20O3/c1-10-8-15(2,3)9-18-12-7-14(17-5)13(16-4)6-11(10)12/h6-8H,9H2,1-5H3. The van der Waals surface area contributed by atoms with Crippen molar-refractivity contribution in [1.29, 1.82) is 0 Å². The van der Waals surface area contributed by atoms with Gasteiger partial charge in [-0.2, -0.15) is 0 Å². The summed E-state index contributed by atoms with van der Waals surface area (Å²) in [6.07, 6.45) is 2.24. The van der Waals surface area contributed by atoms with Crippen LogP contribution < -0.4 is 14.2 Å². The van der Waals surface area contributed by atoms with Gasteiger partial charge in [-0.15, -0.1) is 0 Å². The van der Waals surface area contributed by atoms with Crippen molar-refractivity contribution in [2.24, 2.45) is 5.41 Å². The van der Waals surface area contributed by atoms with Crippen molar-refractivity contribution in [2.45, 2.75) is 20.8 Å². The molecule has 3 nitrogen and oxygen atoms in total. The number of ether oxygens (including phenoxy) is 3. The molecule has 0 amide bonds. The number of hydrogen-bond donors (Lipinski definition) is 0. The quantitative estimate of drug-likeness (QED) is 0.801. The Bertz CT molecular complexity index is 487. The van der Waals surface area contributed by atoms with Gasteiger partial charge in [-0.05, 0) is 18.6 Å². The van der Waals surface area contributed by atoms with Crippen LogP contribution in [0.3, 0.4) is 0 Å². The highest BCUT2D eigenvalue weighted by molar-refractivity contribution is 5.73. The Morgan fingerprint density at radius 3 is 2.33 bits per heavy atom. The van der Waals surface area contributed by atoms with E-state index in [1.54, 1.807) is 14.2 Å². The van der Waals surface area contributed by atoms with Gasteiger partial charge < -0.3 is 14.2 Å². The highest BCUT2D eigenvalue weighted by atomic mass is 16.5. The summed E-state index contributed by atoms with van der Waals surface area (Å²) in [5.41, 5.74) is 2.30. The molecule has 3 heteroatoms. The van der Waals surface area contributed by atoms with E-state index in [4.69, 9.17) is 14.2 Å². The summed E-state index contributed by atoms with van der Waals surface area (Å²) >= 11 is 0. The zero-order valence-electron chi connectivity index (χ0n) is 11.7. The third-order valence-corrected chi connectivity index (χ3v) is 3.12. The van der Waals surface area contributed by atoms with E-state index in [0.29, 0.717) is 12.4 Å². The van der Waals surface area contributed by atoms with Crippen molar-refractivity contribution >= 4 is 5.57 Å². The van der Waals surface area contributed by atoms with E-state index < -0.39 is 0 Å². The largest absolute Gasteiger partial charge is 0.493 e. The first-order valence-corrected chi connectivity index (χ1v) is 6.05. The summed E-state index contributed by atoms with van der Waals surface area (Å²) in [6, 6.07) is 3.87. The minimum Gasteiger partial charge on any atom is -0.493 e. The maximum atomic E-state index is 5.89. The monoisotopic (exact) mass is 248 g/mol. The van der Waals surface area contributed by atoms with Crippen molar-refractivity contribution in [3.8, 4) is 17.2 Å². The Hall–Kier alpha value is -1.64. The van der Waals surface area contributed by atoms with E-state index >= 15 is 0 Å². The lowest BCUT2D eigenvalue weighted by Crippen LogP contribution is -2.17. The molecule has 0 bridgehead atoms. The summed E-state index contributed by atoms with van der Waals surface area (Å²) in [4.78, 5) is 0. The van der Waals surface area contributed by atoms with Gasteiger partial charge in [0, 0.05) is 17.0 Å². The highest BCUT2D eigenvalue weighted by Gasteiger charge is 2.23. The molecule has 1 aromatic carbocycles. The molecule has 0 fully saturated rings. The van der Waals surface area contributed by atoms with Gasteiger partial charge in [0.05, 0.1) is 20.8 Å². The lowest BCUT2D eigenvalue weighted by molar-refractivity contribution is 0.223. The van der Waals surface area contributed by atoms with E-state index in [1.807, 2.05) is 12.1 Å². The van der Waals surface area contributed by atoms with Gasteiger partial charge >= 0.3 is 0 Å². The minimum atomic E-state index is 0.0313. The van der Waals surface area contributed by atoms with Crippen LogP contribution in [0.5, 0.6) is 17.2 Å². The van der Waals surface area contributed by atoms with Gasteiger partial charge in [0.25, 0.3) is 0 Å². The molecule has 1 aliphatic rings. The fourth-order valence-electron chi connectivity index (χ4n) is 2.26. The van der Waals surface area contributed by atoms with Gasteiger partial charge in [0.15, 0.2) is 11.5 Å². The first-order chi connectivity index (χ1) is 8.46. The third-order valence-electron chi connectivity index (χ3n) is 3.12. The van der Waals surface area contributed by atoms with Crippen LogP contribution in [-0.2, 0) is 0 Å². The fraction of sp³-hybridized carbons (Fsp3) is 0.467. The van der Waals surface area contributed by atoms with Gasteiger partial charge in [0.1, 0.15) is 5.75 Å². The van der Waals surface area contributed by atoms with E-state index in [0.717, 1.165) is 17.1 Å². The maximum absolute atomic E-state index is 5.89. The summed E-state index contributed by atoms with van der Waals surface area (Å²) in [5.74, 6) is 2.28. The fourth-order valence-corrected chi connectivity index (χ4v) is 2.26. The van der Waals surface area contributed by atoms with Crippen LogP contribution in [0, 0.1) is 5.41 Å². The van der Waals surface area contributed by atoms with Crippen LogP contribution in [-0.4, -0.2) is 20.8 Å². The number of fused-ring (bicyclic) bond motifs is 1. The Morgan fingerprint density at radius 2 is 1.72 bits per heavy atom. The molecule has 0 aromatic heterocycles. The van der Waals surface area contributed by atoms with Crippen LogP contribution in [0.4, 0.5) is 0 Å². The number of hydrogen-bond acceptors (Lipinski definition) is 3. The number of allylic oxidation sites excluding steroid dienone is 1. The third kappa shape index (κ3) is 2.30. The summed E-state index contributed by atoms with van der Waals surface area (Å²) in [7, 11) is 3.28. The topological polar surface area (TPSA) is 27.7 Å². The summed E-state index contributed by atoms with van der Waals surface area (Å²) < 4.78 is 16.5. The first-order valence-electron chi connectivity index (χ1n) is 6.05. The Labute approximate surface area is 108 Å². The van der Waals surface area contributed by atoms with Gasteiger partial charge in [-0.25, -0.2) is 0 Å². The minimum absolute atomic E-state index is 0.0313. The number of benzene rings is 1. The average Bonchev–Trinajstić information content (AvgIpc) is 2.44. The molecule has 0 saturated heterocycles. The molecule has 98 valence electrons. The van der Waals surface area contributed by atoms with E-state index in [-0.39, 0.29) is 5.41 Å². The summed E-state index contributed by atoms with van der Waals surface area (Å²) in [6.45, 7) is 7.09. The van der Waals surface area contributed by atoms with E-state index in [9.17, 15) is 0 Å². The molecule has 1 aromatic rings. The van der Waals surface area contributed by atoms with Crippen molar-refractivity contribution in [3.05, 3.63) is 23.8 Å². The lowest BCUT2D eigenvalue weighted by atomic mass is 9.91. The second kappa shape index (κ2) is 4.56. The van der Waals surface area contributed by atoms with Crippen molar-refractivity contribution in [3.63, 3.8) is 0 Å². The predicted molar refractivity (Wildman–Crippen MR) is 72.5 cm³/mol. The first kappa shape index (κ1) is 12.8. The molecule has 2 rings (SSSR count). The van der Waals surface area contributed by atoms with Crippen LogP contribution in [0.2, 0.25) is 0 Å². The molecular weight excluding hydrogens is 228 g/mol. The molecule has 18 heavy (non-hydrogen) atoms. The molecule has 0 saturated carbocycles. The predicted octanol–water partition coefficient (Wildman–Crippen LogP) is 3.53. The smallest absolute Gasteiger partial charge is 0.164 e. The highest BCUT2D eigenvalue weighted by Crippen LogP contribution is 2.41. The van der Waals surface area contributed by atoms with Crippen molar-refractivity contribution < 1.29 is 14.2 Å². The van der Waals surface area contributed by atoms with Crippen LogP contribution in [0.1, 0.15) is 26.3 Å². The Kier molecular flexibility index (Phi) is 3.24. The molecular formula is C15H20O3. The maximum Gasteiger partial charge on any atom is 0.164 e. The van der Waals surface area contributed by atoms with Crippen molar-refractivity contribution in [1.82, 2.24) is 0 Å². The normalized spacial score (nSPS) is 17.1. The lowest BCUT2D eigenvalue weighted by Gasteiger charge is -2.18. The van der Waals surface area contributed by atoms with Gasteiger partial charge in [-0.3, -0.25) is 0 Å². The molecule has 0 N–H and O–H groups in total. The Morgan fingerprint density at radius 1 is 1.11 bits per heavy atom. The van der Waals surface area contributed by atoms with Gasteiger partial charge in [0.2, 0.25) is 0 Å². The van der Waals surface area contributed by atoms with Crippen LogP contribution in [0.15, 0.2) is 18.2 Å². The van der Waals surface area contributed by atoms with Gasteiger partial charge in [-0.1, -0.05) is 19.9 Å². The van der Waals surface area contributed by atoms with Crippen LogP contribution >= 0.6 is 0 Å². The molecule has 0 aliphatic carbocycles. The second-order valence-electron chi connectivity index (χ2n) is 5.31. The van der Waals surface area contributed by atoms with E-state index in [1.165, 1.54) is 5.57 Å². The van der Waals surface area contributed by atoms with Crippen LogP contribution in [0.25, 0.3) is 5.57 Å². The molecule has 0 spiro atoms. The molecule has 1 heterocycles. The average molecular weight is 248 g/mol. The molecule has 0 unspecified atom stereocenters. The molecule has 0 radical (unpaired) electrons.